The van der Waals surface area contributed by atoms with Crippen LogP contribution in [0.4, 0.5) is 0 Å². The molecule has 1 aromatic heterocycles. The second-order valence-electron chi connectivity index (χ2n) is 4.39. The van der Waals surface area contributed by atoms with Gasteiger partial charge in [0.15, 0.2) is 6.23 Å². The molecular weight excluding hydrogens is 367 g/mol. The molecule has 0 aliphatic carbocycles. The zero-order valence-electron chi connectivity index (χ0n) is 10.5. The fraction of sp³-hybridized carbons (Fsp3) is 0.636. The maximum absolute atomic E-state index is 11.8. The fourth-order valence-corrected chi connectivity index (χ4v) is 2.83. The van der Waals surface area contributed by atoms with E-state index in [4.69, 9.17) is 9.47 Å². The Morgan fingerprint density at radius 2 is 2.26 bits per heavy atom. The molecular formula is C11H15IN2O5. The average molecular weight is 382 g/mol. The van der Waals surface area contributed by atoms with Crippen LogP contribution in [0.5, 0.6) is 0 Å². The maximum atomic E-state index is 11.8. The quantitative estimate of drug-likeness (QED) is 0.546. The monoisotopic (exact) mass is 382 g/mol. The number of halogens is 1. The molecule has 1 saturated heterocycles. The summed E-state index contributed by atoms with van der Waals surface area (Å²) in [7, 11) is 1.45. The number of alkyl halides is 1. The van der Waals surface area contributed by atoms with Gasteiger partial charge in [0.1, 0.15) is 12.2 Å². The Morgan fingerprint density at radius 3 is 2.84 bits per heavy atom. The number of nitrogens with one attached hydrogen (secondary N) is 1. The van der Waals surface area contributed by atoms with Crippen molar-refractivity contribution in [3.05, 3.63) is 32.6 Å². The normalized spacial score (nSPS) is 30.7. The molecule has 0 unspecified atom stereocenters. The minimum atomic E-state index is -0.814. The largest absolute Gasteiger partial charge is 0.387 e. The Labute approximate surface area is 122 Å². The van der Waals surface area contributed by atoms with Gasteiger partial charge >= 0.3 is 5.69 Å². The van der Waals surface area contributed by atoms with Crippen LogP contribution in [-0.4, -0.2) is 44.5 Å². The van der Waals surface area contributed by atoms with Crippen LogP contribution in [0, 0.1) is 6.92 Å². The number of hydrogen-bond acceptors (Lipinski definition) is 5. The zero-order valence-corrected chi connectivity index (χ0v) is 12.7. The number of aliphatic hydroxyl groups is 1. The maximum Gasteiger partial charge on any atom is 0.330 e. The first-order chi connectivity index (χ1) is 8.99. The van der Waals surface area contributed by atoms with Gasteiger partial charge in [0.2, 0.25) is 0 Å². The Balaban J connectivity index is 2.44. The molecule has 0 amide bonds. The number of aromatic nitrogens is 2. The van der Waals surface area contributed by atoms with E-state index < -0.39 is 35.8 Å². The lowest BCUT2D eigenvalue weighted by Gasteiger charge is -2.20. The topological polar surface area (TPSA) is 93.5 Å². The Bertz CT molecular complexity index is 569. The highest BCUT2D eigenvalue weighted by Gasteiger charge is 2.44. The molecule has 8 heteroatoms. The number of ether oxygens (including phenoxy) is 2. The molecule has 106 valence electrons. The summed E-state index contributed by atoms with van der Waals surface area (Å²) in [6.45, 7) is 1.60. The van der Waals surface area contributed by atoms with Crippen molar-refractivity contribution in [2.24, 2.45) is 0 Å². The van der Waals surface area contributed by atoms with E-state index in [0.29, 0.717) is 9.99 Å². The molecule has 0 saturated carbocycles. The number of nitrogens with zero attached hydrogens (tertiary/aromatic N) is 1. The third-order valence-corrected chi connectivity index (χ3v) is 4.03. The van der Waals surface area contributed by atoms with E-state index in [2.05, 4.69) is 27.6 Å². The average Bonchev–Trinajstić information content (AvgIpc) is 2.70. The lowest BCUT2D eigenvalue weighted by molar-refractivity contribution is -0.0509. The minimum absolute atomic E-state index is 0.394. The van der Waals surface area contributed by atoms with E-state index in [1.54, 1.807) is 6.92 Å². The lowest BCUT2D eigenvalue weighted by Crippen LogP contribution is -2.39. The van der Waals surface area contributed by atoms with Gasteiger partial charge in [-0.1, -0.05) is 22.6 Å². The third kappa shape index (κ3) is 2.62. The number of H-pyrrole nitrogens is 1. The summed E-state index contributed by atoms with van der Waals surface area (Å²) in [4.78, 5) is 25.4. The van der Waals surface area contributed by atoms with E-state index in [1.165, 1.54) is 17.9 Å². The van der Waals surface area contributed by atoms with E-state index >= 15 is 0 Å². The molecule has 1 aliphatic heterocycles. The first-order valence-corrected chi connectivity index (χ1v) is 7.26. The summed E-state index contributed by atoms with van der Waals surface area (Å²) in [6.07, 6.45) is -1.20. The number of aliphatic hydroxyl groups excluding tert-OH is 1. The molecule has 0 aromatic carbocycles. The predicted molar refractivity (Wildman–Crippen MR) is 75.7 cm³/mol. The molecule has 2 rings (SSSR count). The molecule has 0 radical (unpaired) electrons. The Morgan fingerprint density at radius 1 is 1.58 bits per heavy atom. The van der Waals surface area contributed by atoms with E-state index in [0.717, 1.165) is 0 Å². The van der Waals surface area contributed by atoms with Crippen LogP contribution in [0.2, 0.25) is 0 Å². The summed E-state index contributed by atoms with van der Waals surface area (Å²) in [5, 5.41) is 10.1. The molecule has 1 fully saturated rings. The molecule has 19 heavy (non-hydrogen) atoms. The van der Waals surface area contributed by atoms with Crippen LogP contribution in [0.1, 0.15) is 11.8 Å². The van der Waals surface area contributed by atoms with Crippen molar-refractivity contribution in [2.45, 2.75) is 31.5 Å². The predicted octanol–water partition coefficient (Wildman–Crippen LogP) is -0.447. The van der Waals surface area contributed by atoms with Crippen LogP contribution in [0.3, 0.4) is 0 Å². The van der Waals surface area contributed by atoms with Crippen LogP contribution in [-0.2, 0) is 9.47 Å². The first-order valence-electron chi connectivity index (χ1n) is 5.74. The van der Waals surface area contributed by atoms with Crippen LogP contribution in [0.15, 0.2) is 15.8 Å². The minimum Gasteiger partial charge on any atom is -0.387 e. The molecule has 2 heterocycles. The van der Waals surface area contributed by atoms with Gasteiger partial charge in [-0.3, -0.25) is 14.3 Å². The highest BCUT2D eigenvalue weighted by Crippen LogP contribution is 2.31. The molecule has 0 bridgehead atoms. The van der Waals surface area contributed by atoms with Gasteiger partial charge in [-0.15, -0.1) is 0 Å². The van der Waals surface area contributed by atoms with E-state index in [9.17, 15) is 14.7 Å². The van der Waals surface area contributed by atoms with E-state index in [-0.39, 0.29) is 0 Å². The van der Waals surface area contributed by atoms with Crippen molar-refractivity contribution in [1.29, 1.82) is 0 Å². The zero-order chi connectivity index (χ0) is 14.2. The van der Waals surface area contributed by atoms with E-state index in [1.807, 2.05) is 0 Å². The molecule has 2 N–H and O–H groups in total. The van der Waals surface area contributed by atoms with Crippen LogP contribution >= 0.6 is 22.6 Å². The summed E-state index contributed by atoms with van der Waals surface area (Å²) in [5.41, 5.74) is -0.617. The summed E-state index contributed by atoms with van der Waals surface area (Å²) in [5.74, 6) is 0. The van der Waals surface area contributed by atoms with Gasteiger partial charge < -0.3 is 14.6 Å². The number of methoxy groups -OCH3 is 1. The van der Waals surface area contributed by atoms with Crippen LogP contribution in [0.25, 0.3) is 0 Å². The first kappa shape index (κ1) is 14.7. The standard InChI is InChI=1S/C11H15IN2O5/c1-5-4-14(11(17)13-9(5)16)10-8(18-2)7(15)6(3-12)19-10/h4,6-8,10,15H,3H2,1-2H3,(H,13,16,17)/t6-,7-,8-,10-/m1/s1. The van der Waals surface area contributed by atoms with Gasteiger partial charge in [-0.2, -0.15) is 0 Å². The van der Waals surface area contributed by atoms with Crippen molar-refractivity contribution in [3.8, 4) is 0 Å². The van der Waals surface area contributed by atoms with Crippen molar-refractivity contribution >= 4 is 22.6 Å². The van der Waals surface area contributed by atoms with Crippen LogP contribution < -0.4 is 11.2 Å². The Hall–Kier alpha value is -0.710. The summed E-state index contributed by atoms with van der Waals surface area (Å²) < 4.78 is 12.7. The summed E-state index contributed by atoms with van der Waals surface area (Å²) >= 11 is 2.10. The van der Waals surface area contributed by atoms with Gasteiger partial charge in [0.05, 0.1) is 6.10 Å². The number of aromatic amines is 1. The van der Waals surface area contributed by atoms with Crippen molar-refractivity contribution in [1.82, 2.24) is 9.55 Å². The smallest absolute Gasteiger partial charge is 0.330 e. The number of hydrogen-bond donors (Lipinski definition) is 2. The van der Waals surface area contributed by atoms with Gasteiger partial charge in [-0.25, -0.2) is 4.79 Å². The second-order valence-corrected chi connectivity index (χ2v) is 5.27. The lowest BCUT2D eigenvalue weighted by atomic mass is 10.1. The molecule has 0 spiro atoms. The number of aryl methyl sites for hydroxylation is 1. The van der Waals surface area contributed by atoms with Gasteiger partial charge in [0, 0.05) is 23.3 Å². The summed E-state index contributed by atoms with van der Waals surface area (Å²) in [6, 6.07) is 0. The molecule has 7 nitrogen and oxygen atoms in total. The van der Waals surface area contributed by atoms with Crippen molar-refractivity contribution in [3.63, 3.8) is 0 Å². The second kappa shape index (κ2) is 5.73. The Kier molecular flexibility index (Phi) is 4.43. The SMILES string of the molecule is CO[C@@H]1[C@H](O)[C@@H](CI)O[C@H]1n1cc(C)c(=O)[nH]c1=O. The van der Waals surface area contributed by atoms with Gasteiger partial charge in [0.25, 0.3) is 5.56 Å². The van der Waals surface area contributed by atoms with Gasteiger partial charge in [-0.05, 0) is 6.92 Å². The highest BCUT2D eigenvalue weighted by molar-refractivity contribution is 14.1. The van der Waals surface area contributed by atoms with Crippen molar-refractivity contribution in [2.75, 3.05) is 11.5 Å². The van der Waals surface area contributed by atoms with Crippen molar-refractivity contribution < 1.29 is 14.6 Å². The molecule has 1 aliphatic rings. The third-order valence-electron chi connectivity index (χ3n) is 3.16. The molecule has 4 atom stereocenters. The molecule has 1 aromatic rings. The highest BCUT2D eigenvalue weighted by atomic mass is 127. The fourth-order valence-electron chi connectivity index (χ4n) is 2.10. The number of rotatable bonds is 3.